The number of likely N-dealkylation sites (tertiary alicyclic amines) is 2. The molecule has 4 rings (SSSR count). The Bertz CT molecular complexity index is 580. The summed E-state index contributed by atoms with van der Waals surface area (Å²) in [6.07, 6.45) is 7.15. The molecule has 6 nitrogen and oxygen atoms in total. The van der Waals surface area contributed by atoms with Crippen LogP contribution in [0.15, 0.2) is 4.52 Å². The van der Waals surface area contributed by atoms with Gasteiger partial charge in [-0.05, 0) is 45.2 Å². The first kappa shape index (κ1) is 15.1. The maximum Gasteiger partial charge on any atom is 0.276 e. The van der Waals surface area contributed by atoms with Gasteiger partial charge in [0.1, 0.15) is 5.76 Å². The smallest absolute Gasteiger partial charge is 0.276 e. The molecule has 0 aromatic carbocycles. The summed E-state index contributed by atoms with van der Waals surface area (Å²) in [4.78, 5) is 16.9. The van der Waals surface area contributed by atoms with Crippen LogP contribution < -0.4 is 0 Å². The molecule has 2 saturated heterocycles. The van der Waals surface area contributed by atoms with E-state index in [0.29, 0.717) is 18.8 Å². The number of β-amino-alcohol motifs (C(OH)–C–C–N with tert-alkyl or cyclic N) is 1. The number of amides is 1. The van der Waals surface area contributed by atoms with Crippen molar-refractivity contribution < 1.29 is 14.4 Å². The molecule has 23 heavy (non-hydrogen) atoms. The van der Waals surface area contributed by atoms with Crippen LogP contribution in [0.1, 0.15) is 53.9 Å². The third-order valence-corrected chi connectivity index (χ3v) is 5.56. The SMILES string of the molecule is O=C(c1noc2c1CCCC2)N1C[C@@H](O)[C@H](N2CCCCC2)C1. The third kappa shape index (κ3) is 2.78. The normalized spacial score (nSPS) is 28.8. The van der Waals surface area contributed by atoms with Gasteiger partial charge in [-0.15, -0.1) is 0 Å². The summed E-state index contributed by atoms with van der Waals surface area (Å²) in [6.45, 7) is 3.06. The van der Waals surface area contributed by atoms with Gasteiger partial charge in [-0.2, -0.15) is 0 Å². The Morgan fingerprint density at radius 1 is 1.09 bits per heavy atom. The Morgan fingerprint density at radius 2 is 1.87 bits per heavy atom. The summed E-state index contributed by atoms with van der Waals surface area (Å²) in [5.74, 6) is 0.808. The highest BCUT2D eigenvalue weighted by molar-refractivity contribution is 5.94. The van der Waals surface area contributed by atoms with Gasteiger partial charge in [-0.25, -0.2) is 0 Å². The fourth-order valence-corrected chi connectivity index (χ4v) is 4.25. The molecule has 1 N–H and O–H groups in total. The molecule has 1 aromatic rings. The molecule has 2 fully saturated rings. The standard InChI is InChI=1S/C17H25N3O3/c21-14-11-20(10-13(14)19-8-4-1-5-9-19)17(22)16-12-6-2-3-7-15(12)23-18-16/h13-14,21H,1-11H2/t13-,14-/m1/s1. The monoisotopic (exact) mass is 319 g/mol. The van der Waals surface area contributed by atoms with Gasteiger partial charge >= 0.3 is 0 Å². The van der Waals surface area contributed by atoms with Crippen LogP contribution in [-0.4, -0.2) is 64.3 Å². The molecule has 1 aromatic heterocycles. The molecule has 2 atom stereocenters. The Labute approximate surface area is 136 Å². The van der Waals surface area contributed by atoms with Gasteiger partial charge in [0.25, 0.3) is 5.91 Å². The zero-order valence-corrected chi connectivity index (χ0v) is 13.5. The summed E-state index contributed by atoms with van der Waals surface area (Å²) in [7, 11) is 0. The minimum absolute atomic E-state index is 0.0713. The van der Waals surface area contributed by atoms with Crippen molar-refractivity contribution in [1.29, 1.82) is 0 Å². The van der Waals surface area contributed by atoms with Crippen molar-refractivity contribution in [3.63, 3.8) is 0 Å². The molecule has 6 heteroatoms. The second-order valence-electron chi connectivity index (χ2n) is 7.08. The Kier molecular flexibility index (Phi) is 4.11. The van der Waals surface area contributed by atoms with Crippen molar-refractivity contribution >= 4 is 5.91 Å². The van der Waals surface area contributed by atoms with Crippen molar-refractivity contribution in [2.75, 3.05) is 26.2 Å². The summed E-state index contributed by atoms with van der Waals surface area (Å²) in [5, 5.41) is 14.5. The average Bonchev–Trinajstić information content (AvgIpc) is 3.19. The molecule has 1 amide bonds. The summed E-state index contributed by atoms with van der Waals surface area (Å²) >= 11 is 0. The number of aliphatic hydroxyl groups is 1. The maximum absolute atomic E-state index is 12.8. The number of nitrogens with zero attached hydrogens (tertiary/aromatic N) is 3. The lowest BCUT2D eigenvalue weighted by Gasteiger charge is -2.33. The minimum Gasteiger partial charge on any atom is -0.390 e. The summed E-state index contributed by atoms with van der Waals surface area (Å²) < 4.78 is 5.37. The van der Waals surface area contributed by atoms with Crippen LogP contribution in [0.3, 0.4) is 0 Å². The molecule has 0 radical (unpaired) electrons. The van der Waals surface area contributed by atoms with E-state index in [4.69, 9.17) is 4.52 Å². The van der Waals surface area contributed by atoms with Crippen LogP contribution in [-0.2, 0) is 12.8 Å². The lowest BCUT2D eigenvalue weighted by molar-refractivity contribution is 0.0702. The fraction of sp³-hybridized carbons (Fsp3) is 0.765. The first-order valence-corrected chi connectivity index (χ1v) is 8.93. The van der Waals surface area contributed by atoms with Crippen molar-refractivity contribution in [2.45, 2.75) is 57.1 Å². The molecule has 0 bridgehead atoms. The second kappa shape index (κ2) is 6.24. The van der Waals surface area contributed by atoms with E-state index in [1.165, 1.54) is 19.3 Å². The van der Waals surface area contributed by atoms with Gasteiger partial charge in [0.2, 0.25) is 0 Å². The van der Waals surface area contributed by atoms with Gasteiger partial charge in [0, 0.05) is 25.1 Å². The second-order valence-corrected chi connectivity index (χ2v) is 7.08. The van der Waals surface area contributed by atoms with Crippen LogP contribution >= 0.6 is 0 Å². The molecule has 2 aliphatic heterocycles. The quantitative estimate of drug-likeness (QED) is 0.888. The Balaban J connectivity index is 1.48. The van der Waals surface area contributed by atoms with Gasteiger partial charge in [0.15, 0.2) is 5.69 Å². The van der Waals surface area contributed by atoms with E-state index in [1.54, 1.807) is 4.90 Å². The van der Waals surface area contributed by atoms with Gasteiger partial charge in [-0.3, -0.25) is 9.69 Å². The predicted octanol–water partition coefficient (Wildman–Crippen LogP) is 1.22. The Morgan fingerprint density at radius 3 is 2.70 bits per heavy atom. The number of aliphatic hydroxyl groups excluding tert-OH is 1. The van der Waals surface area contributed by atoms with E-state index in [9.17, 15) is 9.90 Å². The van der Waals surface area contributed by atoms with E-state index in [1.807, 2.05) is 0 Å². The number of fused-ring (bicyclic) bond motifs is 1. The number of carbonyl (C=O) groups is 1. The van der Waals surface area contributed by atoms with E-state index in [0.717, 1.165) is 50.1 Å². The van der Waals surface area contributed by atoms with Gasteiger partial charge < -0.3 is 14.5 Å². The maximum atomic E-state index is 12.8. The first-order chi connectivity index (χ1) is 11.2. The first-order valence-electron chi connectivity index (χ1n) is 8.93. The number of aromatic nitrogens is 1. The lowest BCUT2D eigenvalue weighted by Crippen LogP contribution is -2.46. The van der Waals surface area contributed by atoms with Crippen LogP contribution in [0.4, 0.5) is 0 Å². The minimum atomic E-state index is -0.459. The predicted molar refractivity (Wildman–Crippen MR) is 84.3 cm³/mol. The molecular weight excluding hydrogens is 294 g/mol. The highest BCUT2D eigenvalue weighted by Crippen LogP contribution is 2.27. The molecule has 3 heterocycles. The average molecular weight is 319 g/mol. The topological polar surface area (TPSA) is 69.8 Å². The molecule has 126 valence electrons. The summed E-state index contributed by atoms with van der Waals surface area (Å²) in [5.41, 5.74) is 1.48. The van der Waals surface area contributed by atoms with E-state index in [-0.39, 0.29) is 11.9 Å². The molecular formula is C17H25N3O3. The van der Waals surface area contributed by atoms with Crippen molar-refractivity contribution in [2.24, 2.45) is 0 Å². The summed E-state index contributed by atoms with van der Waals surface area (Å²) in [6, 6.07) is 0.0713. The number of rotatable bonds is 2. The zero-order chi connectivity index (χ0) is 15.8. The molecule has 0 unspecified atom stereocenters. The van der Waals surface area contributed by atoms with Gasteiger partial charge in [-0.1, -0.05) is 11.6 Å². The van der Waals surface area contributed by atoms with E-state index < -0.39 is 6.10 Å². The lowest BCUT2D eigenvalue weighted by atomic mass is 9.96. The highest BCUT2D eigenvalue weighted by Gasteiger charge is 2.39. The Hall–Kier alpha value is -1.40. The number of carbonyl (C=O) groups excluding carboxylic acids is 1. The number of piperidine rings is 1. The van der Waals surface area contributed by atoms with Crippen molar-refractivity contribution in [3.8, 4) is 0 Å². The third-order valence-electron chi connectivity index (χ3n) is 5.56. The molecule has 3 aliphatic rings. The number of hydrogen-bond donors (Lipinski definition) is 1. The van der Waals surface area contributed by atoms with Crippen LogP contribution in [0.25, 0.3) is 0 Å². The molecule has 0 saturated carbocycles. The van der Waals surface area contributed by atoms with E-state index >= 15 is 0 Å². The highest BCUT2D eigenvalue weighted by atomic mass is 16.5. The van der Waals surface area contributed by atoms with Crippen LogP contribution in [0.5, 0.6) is 0 Å². The van der Waals surface area contributed by atoms with Crippen LogP contribution in [0.2, 0.25) is 0 Å². The van der Waals surface area contributed by atoms with Gasteiger partial charge in [0.05, 0.1) is 12.1 Å². The van der Waals surface area contributed by atoms with Crippen LogP contribution in [0, 0.1) is 0 Å². The zero-order valence-electron chi connectivity index (χ0n) is 13.5. The number of aryl methyl sites for hydroxylation is 1. The van der Waals surface area contributed by atoms with Crippen molar-refractivity contribution in [3.05, 3.63) is 17.0 Å². The number of hydrogen-bond acceptors (Lipinski definition) is 5. The molecule has 0 spiro atoms. The van der Waals surface area contributed by atoms with Crippen molar-refractivity contribution in [1.82, 2.24) is 15.0 Å². The largest absolute Gasteiger partial charge is 0.390 e. The molecule has 1 aliphatic carbocycles. The van der Waals surface area contributed by atoms with E-state index in [2.05, 4.69) is 10.1 Å². The fourth-order valence-electron chi connectivity index (χ4n) is 4.25.